The molecule has 0 aromatic rings. The van der Waals surface area contributed by atoms with E-state index >= 15 is 0 Å². The Morgan fingerprint density at radius 1 is 1.08 bits per heavy atom. The minimum absolute atomic E-state index is 0.108. The van der Waals surface area contributed by atoms with Gasteiger partial charge in [0.15, 0.2) is 8.40 Å². The van der Waals surface area contributed by atoms with Gasteiger partial charge in [0.2, 0.25) is 0 Å². The van der Waals surface area contributed by atoms with E-state index < -0.39 is 15.3 Å². The maximum Gasteiger partial charge on any atom is 0.316 e. The Hall–Kier alpha value is 1.15. The zero-order valence-corrected chi connectivity index (χ0v) is 14.3. The molecule has 0 aliphatic heterocycles. The topological polar surface area (TPSA) is 6.48 Å². The van der Waals surface area contributed by atoms with Crippen molar-refractivity contribution in [2.75, 3.05) is 14.1 Å². The predicted molar refractivity (Wildman–Crippen MR) is 70.7 cm³/mol. The fraction of sp³-hybridized carbons (Fsp3) is 1.00. The van der Waals surface area contributed by atoms with Gasteiger partial charge in [-0.3, -0.25) is 0 Å². The Balaban J connectivity index is 4.63. The van der Waals surface area contributed by atoms with Crippen molar-refractivity contribution in [2.45, 2.75) is 26.2 Å². The molecule has 0 atom stereocenters. The van der Waals surface area contributed by atoms with Crippen molar-refractivity contribution < 1.29 is 0 Å². The molecule has 0 saturated heterocycles. The lowest BCUT2D eigenvalue weighted by molar-refractivity contribution is 0.652. The molecule has 0 spiro atoms. The first-order valence-electron chi connectivity index (χ1n) is 4.47. The van der Waals surface area contributed by atoms with Crippen LogP contribution in [0, 0.1) is 0 Å². The summed E-state index contributed by atoms with van der Waals surface area (Å²) in [5.41, 5.74) is 0. The van der Waals surface area contributed by atoms with E-state index in [9.17, 15) is 0 Å². The van der Waals surface area contributed by atoms with E-state index in [1.165, 1.54) is 0 Å². The first-order valence-corrected chi connectivity index (χ1v) is 13.9. The molecule has 0 heterocycles. The van der Waals surface area contributed by atoms with Gasteiger partial charge in [0.25, 0.3) is 0 Å². The number of halogens is 2. The Labute approximate surface area is 95.8 Å². The Bertz CT molecular complexity index is 172. The summed E-state index contributed by atoms with van der Waals surface area (Å²) in [6.45, 7) is 6.72. The number of nitrogens with zero attached hydrogens (tertiary/aromatic N) is 2. The normalized spacial score (nSPS) is 15.2. The summed E-state index contributed by atoms with van der Waals surface area (Å²) in [7, 11) is 2.64. The molecule has 13 heavy (non-hydrogen) atoms. The van der Waals surface area contributed by atoms with Crippen LogP contribution < -0.4 is 0 Å². The van der Waals surface area contributed by atoms with Crippen molar-refractivity contribution in [1.29, 1.82) is 0 Å². The zero-order chi connectivity index (χ0) is 10.9. The standard InChI is InChI=1S/C6H20Cl2N2Si3/c1-9(11-3)12(4,5)10(2)13(6,7)8/h11H2,1-6H3. The predicted octanol–water partition coefficient (Wildman–Crippen LogP) is 1.73. The molecular weight excluding hydrogens is 255 g/mol. The van der Waals surface area contributed by atoms with Crippen LogP contribution in [0.3, 0.4) is 0 Å². The Morgan fingerprint density at radius 3 is 1.69 bits per heavy atom. The van der Waals surface area contributed by atoms with Crippen LogP contribution in [0.4, 0.5) is 0 Å². The molecule has 0 saturated carbocycles. The van der Waals surface area contributed by atoms with Gasteiger partial charge in [-0.15, -0.1) is 22.2 Å². The molecule has 0 amide bonds. The van der Waals surface area contributed by atoms with E-state index in [0.717, 1.165) is 0 Å². The highest BCUT2D eigenvalue weighted by atomic mass is 35.7. The van der Waals surface area contributed by atoms with Gasteiger partial charge in [-0.1, -0.05) is 6.55 Å². The summed E-state index contributed by atoms with van der Waals surface area (Å²) in [4.78, 5) is 0. The second-order valence-electron chi connectivity index (χ2n) is 3.91. The smallest absolute Gasteiger partial charge is 0.316 e. The average molecular weight is 275 g/mol. The third-order valence-corrected chi connectivity index (χ3v) is 17.1. The molecule has 80 valence electrons. The van der Waals surface area contributed by atoms with Crippen LogP contribution in [-0.4, -0.2) is 47.5 Å². The molecule has 0 fully saturated rings. The number of rotatable bonds is 4. The second-order valence-corrected chi connectivity index (χ2v) is 18.3. The van der Waals surface area contributed by atoms with Crippen molar-refractivity contribution in [2.24, 2.45) is 0 Å². The lowest BCUT2D eigenvalue weighted by atomic mass is 11.6. The van der Waals surface area contributed by atoms with E-state index in [2.05, 4.69) is 42.2 Å². The van der Waals surface area contributed by atoms with Gasteiger partial charge in [0.1, 0.15) is 0 Å². The number of hydrogen-bond acceptors (Lipinski definition) is 2. The van der Waals surface area contributed by atoms with Gasteiger partial charge >= 0.3 is 6.86 Å². The van der Waals surface area contributed by atoms with Gasteiger partial charge in [0.05, 0.1) is 9.68 Å². The highest BCUT2D eigenvalue weighted by Gasteiger charge is 2.41. The molecule has 0 bridgehead atoms. The SMILES string of the molecule is C[SiH2]N(C)[Si](C)(C)N(C)[Si](C)(Cl)Cl. The fourth-order valence-electron chi connectivity index (χ4n) is 1.12. The van der Waals surface area contributed by atoms with Gasteiger partial charge in [-0.05, 0) is 33.7 Å². The lowest BCUT2D eigenvalue weighted by Crippen LogP contribution is -2.65. The van der Waals surface area contributed by atoms with E-state index in [1.54, 1.807) is 0 Å². The summed E-state index contributed by atoms with van der Waals surface area (Å²) < 4.78 is 4.75. The van der Waals surface area contributed by atoms with Gasteiger partial charge in [-0.25, -0.2) is 0 Å². The highest BCUT2D eigenvalue weighted by molar-refractivity contribution is 7.45. The van der Waals surface area contributed by atoms with Crippen LogP contribution >= 0.6 is 22.2 Å². The molecule has 0 aliphatic carbocycles. The van der Waals surface area contributed by atoms with Crippen LogP contribution in [0.25, 0.3) is 0 Å². The van der Waals surface area contributed by atoms with Crippen molar-refractivity contribution in [3.05, 3.63) is 0 Å². The van der Waals surface area contributed by atoms with Crippen molar-refractivity contribution in [3.63, 3.8) is 0 Å². The molecule has 0 rings (SSSR count). The largest absolute Gasteiger partial charge is 0.342 e. The molecule has 0 aromatic carbocycles. The van der Waals surface area contributed by atoms with E-state index in [0.29, 0.717) is 0 Å². The molecule has 0 aromatic heterocycles. The van der Waals surface area contributed by atoms with E-state index in [-0.39, 0.29) is 9.68 Å². The molecule has 0 aliphatic rings. The zero-order valence-electron chi connectivity index (χ0n) is 9.36. The van der Waals surface area contributed by atoms with E-state index in [4.69, 9.17) is 22.2 Å². The first kappa shape index (κ1) is 14.2. The van der Waals surface area contributed by atoms with Crippen LogP contribution in [0.5, 0.6) is 0 Å². The molecule has 2 nitrogen and oxygen atoms in total. The van der Waals surface area contributed by atoms with Crippen molar-refractivity contribution in [1.82, 2.24) is 8.46 Å². The molecular formula is C6H20Cl2N2Si3. The summed E-state index contributed by atoms with van der Waals surface area (Å²) in [5.74, 6) is 0. The van der Waals surface area contributed by atoms with Crippen LogP contribution in [0.2, 0.25) is 26.2 Å². The quantitative estimate of drug-likeness (QED) is 0.569. The third kappa shape index (κ3) is 3.66. The molecule has 0 unspecified atom stereocenters. The second kappa shape index (κ2) is 4.78. The third-order valence-electron chi connectivity index (χ3n) is 2.82. The first-order chi connectivity index (χ1) is 5.64. The summed E-state index contributed by atoms with van der Waals surface area (Å²) in [6.07, 6.45) is 0. The van der Waals surface area contributed by atoms with Crippen molar-refractivity contribution >= 4 is 47.1 Å². The monoisotopic (exact) mass is 274 g/mol. The van der Waals surface area contributed by atoms with E-state index in [1.807, 2.05) is 6.55 Å². The van der Waals surface area contributed by atoms with Gasteiger partial charge < -0.3 is 8.46 Å². The molecule has 0 N–H and O–H groups in total. The summed E-state index contributed by atoms with van der Waals surface area (Å²) in [5, 5.41) is 0. The average Bonchev–Trinajstić information content (AvgIpc) is 1.99. The van der Waals surface area contributed by atoms with Gasteiger partial charge in [0, 0.05) is 0 Å². The van der Waals surface area contributed by atoms with Crippen LogP contribution in [0.1, 0.15) is 0 Å². The van der Waals surface area contributed by atoms with Crippen molar-refractivity contribution in [3.8, 4) is 0 Å². The summed E-state index contributed by atoms with van der Waals surface area (Å²) in [6, 6.07) is 0. The van der Waals surface area contributed by atoms with Gasteiger partial charge in [-0.2, -0.15) is 0 Å². The maximum atomic E-state index is 6.22. The number of hydrogen-bond donors (Lipinski definition) is 0. The van der Waals surface area contributed by atoms with Crippen LogP contribution in [0.15, 0.2) is 0 Å². The molecule has 7 heteroatoms. The minimum atomic E-state index is -2.16. The maximum absolute atomic E-state index is 6.22. The Morgan fingerprint density at radius 2 is 1.46 bits per heavy atom. The Kier molecular flexibility index (Phi) is 5.20. The molecule has 0 radical (unpaired) electrons. The highest BCUT2D eigenvalue weighted by Crippen LogP contribution is 2.25. The summed E-state index contributed by atoms with van der Waals surface area (Å²) >= 11 is 12.4. The lowest BCUT2D eigenvalue weighted by Gasteiger charge is -2.44. The fourth-order valence-corrected chi connectivity index (χ4v) is 13.9. The minimum Gasteiger partial charge on any atom is -0.342 e. The van der Waals surface area contributed by atoms with Crippen LogP contribution in [-0.2, 0) is 0 Å².